The largest absolute Gasteiger partial charge is 0.369 e. The van der Waals surface area contributed by atoms with E-state index in [4.69, 9.17) is 4.74 Å². The second-order valence-electron chi connectivity index (χ2n) is 6.52. The Bertz CT molecular complexity index is 679. The fraction of sp³-hybridized carbons (Fsp3) is 0.562. The summed E-state index contributed by atoms with van der Waals surface area (Å²) < 4.78 is 32.8. The molecule has 0 saturated carbocycles. The van der Waals surface area contributed by atoms with Crippen molar-refractivity contribution < 1.29 is 17.9 Å². The van der Waals surface area contributed by atoms with Gasteiger partial charge < -0.3 is 15.0 Å². The van der Waals surface area contributed by atoms with Crippen molar-refractivity contribution in [3.05, 3.63) is 30.3 Å². The summed E-state index contributed by atoms with van der Waals surface area (Å²) in [6.07, 6.45) is -0.595. The molecule has 8 heteroatoms. The summed E-state index contributed by atoms with van der Waals surface area (Å²) in [6, 6.07) is 8.36. The van der Waals surface area contributed by atoms with Gasteiger partial charge >= 0.3 is 6.03 Å². The van der Waals surface area contributed by atoms with E-state index >= 15 is 0 Å². The van der Waals surface area contributed by atoms with E-state index < -0.39 is 10.0 Å². The molecule has 2 aliphatic heterocycles. The topological polar surface area (TPSA) is 79.0 Å². The van der Waals surface area contributed by atoms with E-state index in [9.17, 15) is 13.2 Å². The van der Waals surface area contributed by atoms with Crippen LogP contribution in [0.5, 0.6) is 0 Å². The number of urea groups is 1. The molecule has 2 atom stereocenters. The lowest BCUT2D eigenvalue weighted by molar-refractivity contribution is -0.111. The van der Waals surface area contributed by atoms with Crippen molar-refractivity contribution in [1.29, 1.82) is 0 Å². The Labute approximate surface area is 142 Å². The Morgan fingerprint density at radius 3 is 2.25 bits per heavy atom. The standard InChI is InChI=1S/C16H23N3O4S/c1-12(2)17-16(20)18-8-13-10-19(11-14(9-18)23-13)24(21,22)15-6-4-3-5-7-15/h3-7,12-14H,8-11H2,1-2H3,(H,17,20)/t13-,14+. The third kappa shape index (κ3) is 3.55. The summed E-state index contributed by atoms with van der Waals surface area (Å²) in [5.41, 5.74) is 0. The lowest BCUT2D eigenvalue weighted by Crippen LogP contribution is -2.62. The third-order valence-electron chi connectivity index (χ3n) is 4.13. The summed E-state index contributed by atoms with van der Waals surface area (Å²) in [5, 5.41) is 2.87. The van der Waals surface area contributed by atoms with Crippen molar-refractivity contribution in [2.24, 2.45) is 0 Å². The lowest BCUT2D eigenvalue weighted by atomic mass is 10.1. The number of amides is 2. The van der Waals surface area contributed by atoms with Crippen LogP contribution in [0, 0.1) is 0 Å². The molecule has 132 valence electrons. The number of carbonyl (C=O) groups excluding carboxylic acids is 1. The van der Waals surface area contributed by atoms with Crippen molar-refractivity contribution in [3.63, 3.8) is 0 Å². The van der Waals surface area contributed by atoms with Crippen LogP contribution in [0.1, 0.15) is 13.8 Å². The van der Waals surface area contributed by atoms with Crippen LogP contribution in [0.15, 0.2) is 35.2 Å². The number of fused-ring (bicyclic) bond motifs is 2. The summed E-state index contributed by atoms with van der Waals surface area (Å²) in [7, 11) is -3.53. The van der Waals surface area contributed by atoms with Gasteiger partial charge in [-0.1, -0.05) is 18.2 Å². The highest BCUT2D eigenvalue weighted by Crippen LogP contribution is 2.24. The predicted octanol–water partition coefficient (Wildman–Crippen LogP) is 0.878. The van der Waals surface area contributed by atoms with Crippen LogP contribution in [0.25, 0.3) is 0 Å². The van der Waals surface area contributed by atoms with Crippen molar-refractivity contribution in [2.45, 2.75) is 37.0 Å². The second kappa shape index (κ2) is 6.70. The van der Waals surface area contributed by atoms with Crippen LogP contribution >= 0.6 is 0 Å². The number of carbonyl (C=O) groups is 1. The SMILES string of the molecule is CC(C)NC(=O)N1C[C@@H]2CN(S(=O)(=O)c3ccccc3)C[C@H](C1)O2. The number of rotatable bonds is 3. The zero-order valence-corrected chi connectivity index (χ0v) is 14.7. The fourth-order valence-electron chi connectivity index (χ4n) is 3.10. The molecule has 2 amide bonds. The Balaban J connectivity index is 1.71. The van der Waals surface area contributed by atoms with Gasteiger partial charge in [0.25, 0.3) is 0 Å². The van der Waals surface area contributed by atoms with Gasteiger partial charge in [-0.2, -0.15) is 4.31 Å². The molecule has 2 aliphatic rings. The summed E-state index contributed by atoms with van der Waals surface area (Å²) >= 11 is 0. The number of hydrogen-bond acceptors (Lipinski definition) is 4. The Hall–Kier alpha value is -1.64. The molecule has 2 bridgehead atoms. The molecule has 0 spiro atoms. The van der Waals surface area contributed by atoms with Crippen LogP contribution in [-0.2, 0) is 14.8 Å². The minimum atomic E-state index is -3.53. The highest BCUT2D eigenvalue weighted by atomic mass is 32.2. The monoisotopic (exact) mass is 353 g/mol. The van der Waals surface area contributed by atoms with E-state index in [1.807, 2.05) is 13.8 Å². The number of hydrogen-bond donors (Lipinski definition) is 1. The van der Waals surface area contributed by atoms with Gasteiger partial charge in [0, 0.05) is 19.1 Å². The van der Waals surface area contributed by atoms with Crippen LogP contribution in [0.4, 0.5) is 4.79 Å². The molecule has 2 fully saturated rings. The average molecular weight is 353 g/mol. The molecule has 1 aromatic carbocycles. The van der Waals surface area contributed by atoms with Gasteiger partial charge in [0.05, 0.1) is 30.2 Å². The molecule has 0 radical (unpaired) electrons. The predicted molar refractivity (Wildman–Crippen MR) is 89.1 cm³/mol. The first-order valence-corrected chi connectivity index (χ1v) is 9.56. The Morgan fingerprint density at radius 1 is 1.12 bits per heavy atom. The van der Waals surface area contributed by atoms with E-state index in [-0.39, 0.29) is 37.4 Å². The van der Waals surface area contributed by atoms with Crippen LogP contribution in [0.3, 0.4) is 0 Å². The van der Waals surface area contributed by atoms with Gasteiger partial charge in [-0.15, -0.1) is 0 Å². The van der Waals surface area contributed by atoms with Crippen LogP contribution in [0.2, 0.25) is 0 Å². The normalized spacial score (nSPS) is 24.9. The quantitative estimate of drug-likeness (QED) is 0.875. The molecular formula is C16H23N3O4S. The first-order valence-electron chi connectivity index (χ1n) is 8.12. The molecule has 0 aliphatic carbocycles. The van der Waals surface area contributed by atoms with Gasteiger partial charge in [-0.3, -0.25) is 0 Å². The molecule has 1 aromatic rings. The first kappa shape index (κ1) is 17.2. The van der Waals surface area contributed by atoms with Crippen molar-refractivity contribution in [2.75, 3.05) is 26.2 Å². The zero-order chi connectivity index (χ0) is 17.3. The molecular weight excluding hydrogens is 330 g/mol. The molecule has 24 heavy (non-hydrogen) atoms. The minimum absolute atomic E-state index is 0.0649. The van der Waals surface area contributed by atoms with Gasteiger partial charge in [-0.25, -0.2) is 13.2 Å². The zero-order valence-electron chi connectivity index (χ0n) is 13.9. The summed E-state index contributed by atoms with van der Waals surface area (Å²) in [6.45, 7) is 5.14. The van der Waals surface area contributed by atoms with Gasteiger partial charge in [-0.05, 0) is 26.0 Å². The molecule has 7 nitrogen and oxygen atoms in total. The number of nitrogens with one attached hydrogen (secondary N) is 1. The second-order valence-corrected chi connectivity index (χ2v) is 8.46. The molecule has 1 N–H and O–H groups in total. The molecule has 0 unspecified atom stereocenters. The maximum absolute atomic E-state index is 12.8. The number of morpholine rings is 2. The smallest absolute Gasteiger partial charge is 0.317 e. The fourth-order valence-corrected chi connectivity index (χ4v) is 4.62. The van der Waals surface area contributed by atoms with E-state index in [1.54, 1.807) is 35.2 Å². The van der Waals surface area contributed by atoms with Crippen molar-refractivity contribution in [3.8, 4) is 0 Å². The number of ether oxygens (including phenoxy) is 1. The molecule has 3 rings (SSSR count). The van der Waals surface area contributed by atoms with Gasteiger partial charge in [0.2, 0.25) is 10.0 Å². The van der Waals surface area contributed by atoms with Gasteiger partial charge in [0.1, 0.15) is 0 Å². The summed E-state index contributed by atoms with van der Waals surface area (Å²) in [5.74, 6) is 0. The average Bonchev–Trinajstić information content (AvgIpc) is 2.54. The highest BCUT2D eigenvalue weighted by molar-refractivity contribution is 7.89. The Kier molecular flexibility index (Phi) is 4.80. The maximum atomic E-state index is 12.8. The number of benzene rings is 1. The summed E-state index contributed by atoms with van der Waals surface area (Å²) in [4.78, 5) is 14.2. The van der Waals surface area contributed by atoms with E-state index in [0.29, 0.717) is 18.0 Å². The van der Waals surface area contributed by atoms with Crippen molar-refractivity contribution >= 4 is 16.1 Å². The van der Waals surface area contributed by atoms with Crippen LogP contribution in [-0.4, -0.2) is 68.1 Å². The molecule has 2 saturated heterocycles. The van der Waals surface area contributed by atoms with Crippen LogP contribution < -0.4 is 5.32 Å². The van der Waals surface area contributed by atoms with Crippen molar-refractivity contribution in [1.82, 2.24) is 14.5 Å². The molecule has 2 heterocycles. The van der Waals surface area contributed by atoms with Gasteiger partial charge in [0.15, 0.2) is 0 Å². The first-order chi connectivity index (χ1) is 11.4. The van der Waals surface area contributed by atoms with E-state index in [0.717, 1.165) is 0 Å². The Morgan fingerprint density at radius 2 is 1.71 bits per heavy atom. The maximum Gasteiger partial charge on any atom is 0.317 e. The minimum Gasteiger partial charge on any atom is -0.369 e. The van der Waals surface area contributed by atoms with E-state index in [2.05, 4.69) is 5.32 Å². The lowest BCUT2D eigenvalue weighted by Gasteiger charge is -2.45. The highest BCUT2D eigenvalue weighted by Gasteiger charge is 2.41. The van der Waals surface area contributed by atoms with E-state index in [1.165, 1.54) is 4.31 Å². The third-order valence-corrected chi connectivity index (χ3v) is 5.97. The molecule has 0 aromatic heterocycles. The number of nitrogens with zero attached hydrogens (tertiary/aromatic N) is 2. The number of sulfonamides is 1.